The van der Waals surface area contributed by atoms with Gasteiger partial charge in [-0.1, -0.05) is 25.1 Å². The van der Waals surface area contributed by atoms with Crippen LogP contribution in [0.25, 0.3) is 0 Å². The first kappa shape index (κ1) is 15.6. The molecule has 19 heavy (non-hydrogen) atoms. The van der Waals surface area contributed by atoms with E-state index in [4.69, 9.17) is 11.2 Å². The van der Waals surface area contributed by atoms with Crippen molar-refractivity contribution in [2.24, 2.45) is 0 Å². The number of hydrogen-bond donors (Lipinski definition) is 1. The van der Waals surface area contributed by atoms with Crippen LogP contribution in [0.3, 0.4) is 0 Å². The fourth-order valence-corrected chi connectivity index (χ4v) is 2.21. The fraction of sp³-hybridized carbons (Fsp3) is 0.529. The third-order valence-corrected chi connectivity index (χ3v) is 3.22. The highest BCUT2D eigenvalue weighted by molar-refractivity contribution is 5.33. The van der Waals surface area contributed by atoms with E-state index < -0.39 is 0 Å². The van der Waals surface area contributed by atoms with Gasteiger partial charge in [-0.2, -0.15) is 0 Å². The van der Waals surface area contributed by atoms with Crippen LogP contribution in [0.1, 0.15) is 38.2 Å². The van der Waals surface area contributed by atoms with Crippen molar-refractivity contribution < 1.29 is 4.74 Å². The van der Waals surface area contributed by atoms with Gasteiger partial charge in [0.05, 0.1) is 7.11 Å². The van der Waals surface area contributed by atoms with Crippen molar-refractivity contribution in [3.8, 4) is 18.1 Å². The molecule has 104 valence electrons. The lowest BCUT2D eigenvalue weighted by Gasteiger charge is -2.19. The van der Waals surface area contributed by atoms with E-state index in [9.17, 15) is 0 Å². The van der Waals surface area contributed by atoms with Crippen molar-refractivity contribution in [3.05, 3.63) is 29.8 Å². The molecule has 2 nitrogen and oxygen atoms in total. The lowest BCUT2D eigenvalue weighted by molar-refractivity contribution is 0.401. The average molecular weight is 259 g/mol. The Morgan fingerprint density at radius 2 is 2.16 bits per heavy atom. The predicted molar refractivity (Wildman–Crippen MR) is 81.5 cm³/mol. The van der Waals surface area contributed by atoms with Gasteiger partial charge >= 0.3 is 0 Å². The Morgan fingerprint density at radius 3 is 2.84 bits per heavy atom. The molecule has 1 atom stereocenters. The van der Waals surface area contributed by atoms with Gasteiger partial charge in [0.25, 0.3) is 0 Å². The van der Waals surface area contributed by atoms with Gasteiger partial charge < -0.3 is 10.1 Å². The van der Waals surface area contributed by atoms with Crippen LogP contribution in [0.2, 0.25) is 0 Å². The first-order valence-corrected chi connectivity index (χ1v) is 7.10. The van der Waals surface area contributed by atoms with E-state index in [0.717, 1.165) is 44.4 Å². The van der Waals surface area contributed by atoms with E-state index in [1.807, 2.05) is 12.1 Å². The molecule has 0 aromatic heterocycles. The molecule has 1 aromatic carbocycles. The molecule has 1 aromatic rings. The summed E-state index contributed by atoms with van der Waals surface area (Å²) in [5.74, 6) is 3.69. The number of hydrogen-bond acceptors (Lipinski definition) is 2. The SMILES string of the molecule is C#CCCCC(Cc1ccccc1OC)NCCC. The minimum atomic E-state index is 0.476. The summed E-state index contributed by atoms with van der Waals surface area (Å²) < 4.78 is 5.42. The molecule has 0 heterocycles. The first-order chi connectivity index (χ1) is 9.31. The lowest BCUT2D eigenvalue weighted by atomic mass is 10.00. The summed E-state index contributed by atoms with van der Waals surface area (Å²) in [7, 11) is 1.73. The Bertz CT molecular complexity index is 394. The second-order valence-electron chi connectivity index (χ2n) is 4.76. The zero-order valence-corrected chi connectivity index (χ0v) is 12.1. The molecule has 1 N–H and O–H groups in total. The van der Waals surface area contributed by atoms with Crippen molar-refractivity contribution in [3.63, 3.8) is 0 Å². The Kier molecular flexibility index (Phi) is 7.77. The molecule has 0 radical (unpaired) electrons. The van der Waals surface area contributed by atoms with Gasteiger partial charge in [-0.15, -0.1) is 12.3 Å². The van der Waals surface area contributed by atoms with Crippen LogP contribution in [0.4, 0.5) is 0 Å². The minimum Gasteiger partial charge on any atom is -0.496 e. The predicted octanol–water partition coefficient (Wildman–Crippen LogP) is 3.41. The summed E-state index contributed by atoms with van der Waals surface area (Å²) in [6, 6.07) is 8.71. The van der Waals surface area contributed by atoms with Crippen LogP contribution in [-0.4, -0.2) is 19.7 Å². The summed E-state index contributed by atoms with van der Waals surface area (Å²) in [6.07, 6.45) is 10.5. The summed E-state index contributed by atoms with van der Waals surface area (Å²) in [6.45, 7) is 3.24. The summed E-state index contributed by atoms with van der Waals surface area (Å²) in [5, 5.41) is 3.60. The zero-order valence-electron chi connectivity index (χ0n) is 12.1. The first-order valence-electron chi connectivity index (χ1n) is 7.10. The van der Waals surface area contributed by atoms with E-state index in [1.54, 1.807) is 7.11 Å². The van der Waals surface area contributed by atoms with Crippen LogP contribution in [0.15, 0.2) is 24.3 Å². The van der Waals surface area contributed by atoms with Gasteiger partial charge in [-0.25, -0.2) is 0 Å². The molecule has 0 aliphatic carbocycles. The third kappa shape index (κ3) is 5.81. The largest absolute Gasteiger partial charge is 0.496 e. The number of unbranched alkanes of at least 4 members (excludes halogenated alkanes) is 1. The van der Waals surface area contributed by atoms with E-state index in [0.29, 0.717) is 6.04 Å². The molecule has 0 aliphatic heterocycles. The van der Waals surface area contributed by atoms with Crippen LogP contribution in [-0.2, 0) is 6.42 Å². The molecule has 2 heteroatoms. The highest BCUT2D eigenvalue weighted by Crippen LogP contribution is 2.20. The molecule has 1 unspecified atom stereocenters. The van der Waals surface area contributed by atoms with Crippen LogP contribution in [0, 0.1) is 12.3 Å². The highest BCUT2D eigenvalue weighted by atomic mass is 16.5. The van der Waals surface area contributed by atoms with Crippen molar-refractivity contribution in [1.82, 2.24) is 5.32 Å². The van der Waals surface area contributed by atoms with Crippen molar-refractivity contribution in [2.45, 2.75) is 45.1 Å². The highest BCUT2D eigenvalue weighted by Gasteiger charge is 2.11. The van der Waals surface area contributed by atoms with Crippen LogP contribution in [0.5, 0.6) is 5.75 Å². The van der Waals surface area contributed by atoms with E-state index in [2.05, 4.69) is 30.3 Å². The van der Waals surface area contributed by atoms with Crippen LogP contribution >= 0.6 is 0 Å². The molecular formula is C17H25NO. The number of terminal acetylenes is 1. The normalized spacial score (nSPS) is 11.8. The summed E-state index contributed by atoms with van der Waals surface area (Å²) in [4.78, 5) is 0. The Hall–Kier alpha value is -1.46. The van der Waals surface area contributed by atoms with Gasteiger partial charge in [0, 0.05) is 12.5 Å². The van der Waals surface area contributed by atoms with Gasteiger partial charge in [0.15, 0.2) is 0 Å². The molecule has 0 saturated heterocycles. The summed E-state index contributed by atoms with van der Waals surface area (Å²) >= 11 is 0. The maximum absolute atomic E-state index is 5.42. The zero-order chi connectivity index (χ0) is 13.9. The number of rotatable bonds is 9. The molecule has 1 rings (SSSR count). The number of methoxy groups -OCH3 is 1. The second kappa shape index (κ2) is 9.47. The number of nitrogens with one attached hydrogen (secondary N) is 1. The van der Waals surface area contributed by atoms with E-state index in [1.165, 1.54) is 5.56 Å². The van der Waals surface area contributed by atoms with Crippen molar-refractivity contribution in [2.75, 3.05) is 13.7 Å². The summed E-state index contributed by atoms with van der Waals surface area (Å²) in [5.41, 5.74) is 1.26. The van der Waals surface area contributed by atoms with Gasteiger partial charge in [-0.05, 0) is 43.9 Å². The van der Waals surface area contributed by atoms with Crippen molar-refractivity contribution >= 4 is 0 Å². The third-order valence-electron chi connectivity index (χ3n) is 3.22. The quantitative estimate of drug-likeness (QED) is 0.542. The maximum atomic E-state index is 5.42. The van der Waals surface area contributed by atoms with E-state index >= 15 is 0 Å². The number of ether oxygens (including phenoxy) is 1. The maximum Gasteiger partial charge on any atom is 0.122 e. The molecule has 0 fully saturated rings. The van der Waals surface area contributed by atoms with Gasteiger partial charge in [0.2, 0.25) is 0 Å². The molecule has 0 aliphatic rings. The standard InChI is InChI=1S/C17H25NO/c1-4-6-7-11-16(18-13-5-2)14-15-10-8-9-12-17(15)19-3/h1,8-10,12,16,18H,5-7,11,13-14H2,2-3H3. The Labute approximate surface area is 117 Å². The molecular weight excluding hydrogens is 234 g/mol. The van der Waals surface area contributed by atoms with Crippen LogP contribution < -0.4 is 10.1 Å². The van der Waals surface area contributed by atoms with Crippen molar-refractivity contribution in [1.29, 1.82) is 0 Å². The molecule has 0 amide bonds. The molecule has 0 spiro atoms. The Balaban J connectivity index is 2.61. The van der Waals surface area contributed by atoms with Gasteiger partial charge in [0.1, 0.15) is 5.75 Å². The average Bonchev–Trinajstić information content (AvgIpc) is 2.45. The second-order valence-corrected chi connectivity index (χ2v) is 4.76. The molecule has 0 bridgehead atoms. The number of para-hydroxylation sites is 1. The minimum absolute atomic E-state index is 0.476. The topological polar surface area (TPSA) is 21.3 Å². The Morgan fingerprint density at radius 1 is 1.37 bits per heavy atom. The monoisotopic (exact) mass is 259 g/mol. The van der Waals surface area contributed by atoms with E-state index in [-0.39, 0.29) is 0 Å². The molecule has 0 saturated carbocycles. The number of benzene rings is 1. The smallest absolute Gasteiger partial charge is 0.122 e. The van der Waals surface area contributed by atoms with Gasteiger partial charge in [-0.3, -0.25) is 0 Å². The lowest BCUT2D eigenvalue weighted by Crippen LogP contribution is -2.31. The fourth-order valence-electron chi connectivity index (χ4n) is 2.21.